The van der Waals surface area contributed by atoms with Gasteiger partial charge in [-0.05, 0) is 62.4 Å². The zero-order valence-corrected chi connectivity index (χ0v) is 19.6. The van der Waals surface area contributed by atoms with Gasteiger partial charge >= 0.3 is 0 Å². The van der Waals surface area contributed by atoms with Crippen LogP contribution in [-0.4, -0.2) is 45.3 Å². The normalized spacial score (nSPS) is 18.7. The number of carbonyl (C=O) groups excluding carboxylic acids is 1. The third kappa shape index (κ3) is 5.24. The number of aliphatic hydroxyl groups is 1. The number of aromatic nitrogens is 2. The molecule has 2 fully saturated rings. The average molecular weight is 459 g/mol. The number of amides is 1. The molecule has 1 amide bonds. The molecule has 34 heavy (non-hydrogen) atoms. The number of carbonyl (C=O) groups is 1. The van der Waals surface area contributed by atoms with Gasteiger partial charge in [-0.15, -0.1) is 0 Å². The van der Waals surface area contributed by atoms with Crippen LogP contribution in [0.2, 0.25) is 0 Å². The fraction of sp³-hybridized carbons (Fsp3) is 0.429. The lowest BCUT2D eigenvalue weighted by Gasteiger charge is -2.34. The van der Waals surface area contributed by atoms with E-state index in [2.05, 4.69) is 16.3 Å². The first-order valence-electron chi connectivity index (χ1n) is 12.6. The number of anilines is 1. The minimum Gasteiger partial charge on any atom is -0.388 e. The monoisotopic (exact) mass is 458 g/mol. The zero-order chi connectivity index (χ0) is 23.3. The van der Waals surface area contributed by atoms with Crippen LogP contribution in [0.4, 0.5) is 5.82 Å². The number of hydrogen-bond donors (Lipinski definition) is 2. The number of benzene rings is 2. The largest absolute Gasteiger partial charge is 0.388 e. The van der Waals surface area contributed by atoms with E-state index in [9.17, 15) is 9.90 Å². The lowest BCUT2D eigenvalue weighted by molar-refractivity contribution is -0.117. The Balaban J connectivity index is 1.21. The molecule has 1 saturated carbocycles. The molecule has 6 heteroatoms. The van der Waals surface area contributed by atoms with Gasteiger partial charge in [0, 0.05) is 12.0 Å². The molecule has 0 spiro atoms. The molecule has 2 heterocycles. The lowest BCUT2D eigenvalue weighted by atomic mass is 9.87. The van der Waals surface area contributed by atoms with Crippen molar-refractivity contribution in [3.05, 3.63) is 78.0 Å². The Bertz CT molecular complexity index is 1070. The lowest BCUT2D eigenvalue weighted by Crippen LogP contribution is -2.40. The molecule has 1 aromatic heterocycles. The number of hydrogen-bond acceptors (Lipinski definition) is 4. The van der Waals surface area contributed by atoms with Crippen molar-refractivity contribution in [1.29, 1.82) is 0 Å². The molecule has 0 bridgehead atoms. The summed E-state index contributed by atoms with van der Waals surface area (Å²) < 4.78 is 1.87. The smallest absolute Gasteiger partial charge is 0.239 e. The molecule has 2 aliphatic rings. The van der Waals surface area contributed by atoms with Crippen LogP contribution < -0.4 is 5.32 Å². The summed E-state index contributed by atoms with van der Waals surface area (Å²) in [5, 5.41) is 18.7. The van der Waals surface area contributed by atoms with Crippen LogP contribution in [0.3, 0.4) is 0 Å². The second kappa shape index (κ2) is 10.5. The summed E-state index contributed by atoms with van der Waals surface area (Å²) in [6.07, 6.45) is 6.17. The molecule has 5 rings (SSSR count). The van der Waals surface area contributed by atoms with Crippen molar-refractivity contribution in [3.8, 4) is 5.69 Å². The summed E-state index contributed by atoms with van der Waals surface area (Å²) in [5.41, 5.74) is 3.01. The van der Waals surface area contributed by atoms with E-state index < -0.39 is 6.10 Å². The molecule has 2 aromatic carbocycles. The highest BCUT2D eigenvalue weighted by molar-refractivity contribution is 5.91. The second-order valence-electron chi connectivity index (χ2n) is 9.70. The Morgan fingerprint density at radius 3 is 2.29 bits per heavy atom. The fourth-order valence-corrected chi connectivity index (χ4v) is 5.41. The van der Waals surface area contributed by atoms with Gasteiger partial charge in [0.1, 0.15) is 5.82 Å². The average Bonchev–Trinajstić information content (AvgIpc) is 3.56. The molecule has 178 valence electrons. The van der Waals surface area contributed by atoms with Crippen LogP contribution in [0.25, 0.3) is 5.69 Å². The number of rotatable bonds is 7. The zero-order valence-electron chi connectivity index (χ0n) is 19.6. The van der Waals surface area contributed by atoms with Crippen molar-refractivity contribution in [3.63, 3.8) is 0 Å². The van der Waals surface area contributed by atoms with Gasteiger partial charge in [-0.3, -0.25) is 9.69 Å². The maximum absolute atomic E-state index is 13.0. The fourth-order valence-electron chi connectivity index (χ4n) is 5.41. The van der Waals surface area contributed by atoms with Crippen LogP contribution in [0.5, 0.6) is 0 Å². The summed E-state index contributed by atoms with van der Waals surface area (Å²) in [4.78, 5) is 15.2. The summed E-state index contributed by atoms with van der Waals surface area (Å²) >= 11 is 0. The number of para-hydroxylation sites is 1. The first-order valence-corrected chi connectivity index (χ1v) is 12.6. The third-order valence-electron chi connectivity index (χ3n) is 7.36. The number of piperidine rings is 1. The van der Waals surface area contributed by atoms with E-state index in [1.54, 1.807) is 0 Å². The molecule has 3 aromatic rings. The topological polar surface area (TPSA) is 70.4 Å². The predicted molar refractivity (Wildman–Crippen MR) is 134 cm³/mol. The van der Waals surface area contributed by atoms with Gasteiger partial charge < -0.3 is 10.4 Å². The SMILES string of the molecule is O=C(CN1CCC([C@@H](O)c2ccccc2)CC1)Nc1cc(C2CCCC2)nn1-c1ccccc1. The maximum atomic E-state index is 13.0. The third-order valence-corrected chi connectivity index (χ3v) is 7.36. The van der Waals surface area contributed by atoms with Crippen LogP contribution in [0.1, 0.15) is 61.8 Å². The first kappa shape index (κ1) is 22.8. The highest BCUT2D eigenvalue weighted by Gasteiger charge is 2.27. The van der Waals surface area contributed by atoms with Crippen molar-refractivity contribution < 1.29 is 9.90 Å². The Hall–Kier alpha value is -2.96. The Kier molecular flexibility index (Phi) is 7.07. The van der Waals surface area contributed by atoms with E-state index >= 15 is 0 Å². The highest BCUT2D eigenvalue weighted by Crippen LogP contribution is 2.35. The molecular formula is C28H34N4O2. The molecule has 1 saturated heterocycles. The summed E-state index contributed by atoms with van der Waals surface area (Å²) in [5.74, 6) is 1.44. The van der Waals surface area contributed by atoms with E-state index in [0.717, 1.165) is 48.7 Å². The van der Waals surface area contributed by atoms with Crippen molar-refractivity contribution >= 4 is 11.7 Å². The van der Waals surface area contributed by atoms with Gasteiger partial charge in [0.2, 0.25) is 5.91 Å². The number of aliphatic hydroxyl groups excluding tert-OH is 1. The van der Waals surface area contributed by atoms with E-state index in [4.69, 9.17) is 5.10 Å². The molecule has 0 unspecified atom stereocenters. The quantitative estimate of drug-likeness (QED) is 0.528. The van der Waals surface area contributed by atoms with Crippen LogP contribution in [0.15, 0.2) is 66.7 Å². The minimum absolute atomic E-state index is 0.0166. The Morgan fingerprint density at radius 2 is 1.62 bits per heavy atom. The summed E-state index contributed by atoms with van der Waals surface area (Å²) in [6, 6.07) is 21.9. The van der Waals surface area contributed by atoms with E-state index in [-0.39, 0.29) is 11.8 Å². The van der Waals surface area contributed by atoms with Crippen LogP contribution in [-0.2, 0) is 4.79 Å². The van der Waals surface area contributed by atoms with Crippen LogP contribution in [0, 0.1) is 5.92 Å². The van der Waals surface area contributed by atoms with Crippen molar-refractivity contribution in [2.45, 2.75) is 50.5 Å². The second-order valence-corrected chi connectivity index (χ2v) is 9.70. The number of likely N-dealkylation sites (tertiary alicyclic amines) is 1. The van der Waals surface area contributed by atoms with Gasteiger partial charge in [0.05, 0.1) is 24.0 Å². The molecule has 0 radical (unpaired) electrons. The van der Waals surface area contributed by atoms with Crippen molar-refractivity contribution in [1.82, 2.24) is 14.7 Å². The summed E-state index contributed by atoms with van der Waals surface area (Å²) in [7, 11) is 0. The first-order chi connectivity index (χ1) is 16.7. The molecule has 1 aliphatic heterocycles. The predicted octanol–water partition coefficient (Wildman–Crippen LogP) is 4.91. The van der Waals surface area contributed by atoms with Gasteiger partial charge in [-0.1, -0.05) is 61.4 Å². The molecule has 6 nitrogen and oxygen atoms in total. The van der Waals surface area contributed by atoms with Gasteiger partial charge in [-0.25, -0.2) is 4.68 Å². The molecular weight excluding hydrogens is 424 g/mol. The van der Waals surface area contributed by atoms with Crippen LogP contribution >= 0.6 is 0 Å². The minimum atomic E-state index is -0.439. The van der Waals surface area contributed by atoms with E-state index in [1.807, 2.05) is 65.3 Å². The van der Waals surface area contributed by atoms with Gasteiger partial charge in [0.15, 0.2) is 0 Å². The molecule has 1 aliphatic carbocycles. The molecule has 2 N–H and O–H groups in total. The Morgan fingerprint density at radius 1 is 0.971 bits per heavy atom. The molecule has 1 atom stereocenters. The highest BCUT2D eigenvalue weighted by atomic mass is 16.3. The van der Waals surface area contributed by atoms with Crippen molar-refractivity contribution in [2.24, 2.45) is 5.92 Å². The number of nitrogens with zero attached hydrogens (tertiary/aromatic N) is 3. The van der Waals surface area contributed by atoms with Crippen molar-refractivity contribution in [2.75, 3.05) is 25.0 Å². The maximum Gasteiger partial charge on any atom is 0.239 e. The number of nitrogens with one attached hydrogen (secondary N) is 1. The standard InChI is InChI=1S/C28H34N4O2/c33-27(20-31-17-15-23(16-18-31)28(34)22-11-3-1-4-12-22)29-26-19-25(21-9-7-8-10-21)30-32(26)24-13-5-2-6-14-24/h1-6,11-14,19,21,23,28,34H,7-10,15-18,20H2,(H,29,33)/t28-/m0/s1. The Labute approximate surface area is 201 Å². The summed E-state index contributed by atoms with van der Waals surface area (Å²) in [6.45, 7) is 1.98. The van der Waals surface area contributed by atoms with E-state index in [1.165, 1.54) is 25.7 Å². The van der Waals surface area contributed by atoms with Gasteiger partial charge in [0.25, 0.3) is 0 Å². The van der Waals surface area contributed by atoms with E-state index in [0.29, 0.717) is 12.5 Å². The van der Waals surface area contributed by atoms with Gasteiger partial charge in [-0.2, -0.15) is 5.10 Å².